The Balaban J connectivity index is 2.16. The van der Waals surface area contributed by atoms with Gasteiger partial charge in [-0.1, -0.05) is 35.9 Å². The first kappa shape index (κ1) is 10.5. The maximum atomic E-state index is 2.26. The number of hydrogen-bond acceptors (Lipinski definition) is 0. The predicted octanol–water partition coefficient (Wildman–Crippen LogP) is 4.04. The number of nitrogens with zero attached hydrogens (tertiary/aromatic N) is 1. The molecule has 1 nitrogen and oxygen atoms in total. The van der Waals surface area contributed by atoms with Crippen molar-refractivity contribution >= 4 is 27.1 Å². The van der Waals surface area contributed by atoms with E-state index in [2.05, 4.69) is 78.3 Å². The molecule has 90 valence electrons. The van der Waals surface area contributed by atoms with Gasteiger partial charge in [-0.15, -0.1) is 0 Å². The lowest BCUT2D eigenvalue weighted by molar-refractivity contribution is -0.508. The van der Waals surface area contributed by atoms with E-state index >= 15 is 0 Å². The van der Waals surface area contributed by atoms with Crippen LogP contribution in [0.3, 0.4) is 0 Å². The highest BCUT2D eigenvalue weighted by Gasteiger charge is 2.07. The number of rotatable bonds is 0. The summed E-state index contributed by atoms with van der Waals surface area (Å²) in [5.74, 6) is 0. The smallest absolute Gasteiger partial charge is 0.166 e. The standard InChI is InChI=1S/C18H14N/c1-13-6-7-16-12-19-11-15-5-3-2-4-14(15)9-18(19)10-17(16)8-13/h2-12H,1H3/q+1. The van der Waals surface area contributed by atoms with E-state index in [1.54, 1.807) is 0 Å². The van der Waals surface area contributed by atoms with Crippen molar-refractivity contribution in [1.29, 1.82) is 0 Å². The molecular weight excluding hydrogens is 230 g/mol. The molecule has 1 heteroatoms. The van der Waals surface area contributed by atoms with Crippen molar-refractivity contribution < 1.29 is 4.40 Å². The molecular formula is C18H14N+. The van der Waals surface area contributed by atoms with E-state index in [0.29, 0.717) is 0 Å². The minimum atomic E-state index is 1.23. The summed E-state index contributed by atoms with van der Waals surface area (Å²) in [5.41, 5.74) is 2.54. The number of pyridine rings is 2. The number of hydrogen-bond donors (Lipinski definition) is 0. The zero-order chi connectivity index (χ0) is 12.8. The van der Waals surface area contributed by atoms with Gasteiger partial charge in [-0.05, 0) is 29.8 Å². The maximum absolute atomic E-state index is 2.26. The minimum Gasteiger partial charge on any atom is -0.166 e. The molecule has 0 aliphatic carbocycles. The third-order valence-corrected chi connectivity index (χ3v) is 3.70. The molecule has 0 aliphatic rings. The van der Waals surface area contributed by atoms with Crippen LogP contribution in [0.4, 0.5) is 0 Å². The highest BCUT2D eigenvalue weighted by atomic mass is 14.8. The summed E-state index contributed by atoms with van der Waals surface area (Å²) < 4.78 is 2.21. The maximum Gasteiger partial charge on any atom is 0.211 e. The van der Waals surface area contributed by atoms with Crippen LogP contribution in [0.2, 0.25) is 0 Å². The second-order valence-corrected chi connectivity index (χ2v) is 5.14. The van der Waals surface area contributed by atoms with Crippen LogP contribution >= 0.6 is 0 Å². The van der Waals surface area contributed by atoms with Gasteiger partial charge < -0.3 is 0 Å². The lowest BCUT2D eigenvalue weighted by Gasteiger charge is -2.00. The van der Waals surface area contributed by atoms with Crippen LogP contribution in [0.5, 0.6) is 0 Å². The molecule has 0 N–H and O–H groups in total. The van der Waals surface area contributed by atoms with Crippen LogP contribution in [0.15, 0.2) is 67.0 Å². The summed E-state index contributed by atoms with van der Waals surface area (Å²) in [5, 5.41) is 5.13. The van der Waals surface area contributed by atoms with Crippen molar-refractivity contribution in [3.05, 3.63) is 72.6 Å². The SMILES string of the molecule is Cc1ccc2c[n+]3cc4ccccc4cc3cc2c1. The average molecular weight is 244 g/mol. The molecule has 4 aromatic rings. The largest absolute Gasteiger partial charge is 0.211 e. The van der Waals surface area contributed by atoms with Gasteiger partial charge >= 0.3 is 0 Å². The Morgan fingerprint density at radius 3 is 2.21 bits per heavy atom. The summed E-state index contributed by atoms with van der Waals surface area (Å²) in [6, 6.07) is 19.6. The molecule has 0 saturated carbocycles. The first-order valence-electron chi connectivity index (χ1n) is 6.54. The Morgan fingerprint density at radius 2 is 1.37 bits per heavy atom. The molecule has 0 aliphatic heterocycles. The second kappa shape index (κ2) is 3.79. The Kier molecular flexibility index (Phi) is 2.10. The van der Waals surface area contributed by atoms with Crippen LogP contribution in [-0.2, 0) is 0 Å². The monoisotopic (exact) mass is 244 g/mol. The van der Waals surface area contributed by atoms with Gasteiger partial charge in [-0.2, -0.15) is 4.40 Å². The summed E-state index contributed by atoms with van der Waals surface area (Å²) in [7, 11) is 0. The van der Waals surface area contributed by atoms with Crippen molar-refractivity contribution in [3.8, 4) is 0 Å². The number of aromatic nitrogens is 1. The van der Waals surface area contributed by atoms with E-state index in [1.807, 2.05) is 0 Å². The molecule has 2 aromatic carbocycles. The lowest BCUT2D eigenvalue weighted by Crippen LogP contribution is -2.20. The van der Waals surface area contributed by atoms with Crippen LogP contribution in [-0.4, -0.2) is 0 Å². The van der Waals surface area contributed by atoms with Crippen molar-refractivity contribution in [2.24, 2.45) is 0 Å². The van der Waals surface area contributed by atoms with Crippen LogP contribution < -0.4 is 4.40 Å². The lowest BCUT2D eigenvalue weighted by atomic mass is 10.1. The third kappa shape index (κ3) is 1.66. The van der Waals surface area contributed by atoms with Crippen LogP contribution in [0.1, 0.15) is 5.56 Å². The molecule has 0 atom stereocenters. The Hall–Kier alpha value is -2.41. The highest BCUT2D eigenvalue weighted by Crippen LogP contribution is 2.18. The highest BCUT2D eigenvalue weighted by molar-refractivity contribution is 5.88. The molecule has 0 bridgehead atoms. The number of aryl methyl sites for hydroxylation is 1. The molecule has 0 saturated heterocycles. The summed E-state index contributed by atoms with van der Waals surface area (Å²) in [4.78, 5) is 0. The van der Waals surface area contributed by atoms with Crippen molar-refractivity contribution in [1.82, 2.24) is 0 Å². The zero-order valence-electron chi connectivity index (χ0n) is 10.8. The summed E-state index contributed by atoms with van der Waals surface area (Å²) >= 11 is 0. The van der Waals surface area contributed by atoms with Gasteiger partial charge in [0.25, 0.3) is 0 Å². The van der Waals surface area contributed by atoms with E-state index in [0.717, 1.165) is 0 Å². The molecule has 2 heterocycles. The van der Waals surface area contributed by atoms with E-state index in [9.17, 15) is 0 Å². The van der Waals surface area contributed by atoms with Gasteiger partial charge in [-0.3, -0.25) is 0 Å². The van der Waals surface area contributed by atoms with E-state index < -0.39 is 0 Å². The predicted molar refractivity (Wildman–Crippen MR) is 79.4 cm³/mol. The molecule has 0 spiro atoms. The van der Waals surface area contributed by atoms with E-state index in [-0.39, 0.29) is 0 Å². The average Bonchev–Trinajstić information content (AvgIpc) is 2.43. The Bertz CT molecular complexity index is 922. The van der Waals surface area contributed by atoms with Crippen molar-refractivity contribution in [2.75, 3.05) is 0 Å². The fourth-order valence-corrected chi connectivity index (χ4v) is 2.69. The van der Waals surface area contributed by atoms with Crippen LogP contribution in [0.25, 0.3) is 27.1 Å². The Labute approximate surface area is 111 Å². The van der Waals surface area contributed by atoms with Gasteiger partial charge in [0.05, 0.1) is 0 Å². The third-order valence-electron chi connectivity index (χ3n) is 3.70. The molecule has 19 heavy (non-hydrogen) atoms. The van der Waals surface area contributed by atoms with Gasteiger partial charge in [0.1, 0.15) is 0 Å². The van der Waals surface area contributed by atoms with Gasteiger partial charge in [-0.25, -0.2) is 0 Å². The summed E-state index contributed by atoms with van der Waals surface area (Å²) in [6.07, 6.45) is 4.40. The second-order valence-electron chi connectivity index (χ2n) is 5.14. The van der Waals surface area contributed by atoms with E-state index in [1.165, 1.54) is 32.6 Å². The van der Waals surface area contributed by atoms with Crippen LogP contribution in [0, 0.1) is 6.92 Å². The molecule has 0 radical (unpaired) electrons. The van der Waals surface area contributed by atoms with Gasteiger partial charge in [0, 0.05) is 22.9 Å². The fourth-order valence-electron chi connectivity index (χ4n) is 2.69. The van der Waals surface area contributed by atoms with Gasteiger partial charge in [0.15, 0.2) is 12.4 Å². The number of fused-ring (bicyclic) bond motifs is 3. The fraction of sp³-hybridized carbons (Fsp3) is 0.0556. The van der Waals surface area contributed by atoms with Crippen molar-refractivity contribution in [2.45, 2.75) is 6.92 Å². The molecule has 0 fully saturated rings. The minimum absolute atomic E-state index is 1.23. The summed E-state index contributed by atoms with van der Waals surface area (Å²) in [6.45, 7) is 2.14. The first-order valence-corrected chi connectivity index (χ1v) is 6.54. The first-order chi connectivity index (χ1) is 9.29. The quantitative estimate of drug-likeness (QED) is 0.325. The molecule has 2 aromatic heterocycles. The molecule has 0 amide bonds. The zero-order valence-corrected chi connectivity index (χ0v) is 10.8. The van der Waals surface area contributed by atoms with Crippen molar-refractivity contribution in [3.63, 3.8) is 0 Å². The van der Waals surface area contributed by atoms with Gasteiger partial charge in [0.2, 0.25) is 5.52 Å². The molecule has 4 rings (SSSR count). The molecule has 0 unspecified atom stereocenters. The Morgan fingerprint density at radius 1 is 0.684 bits per heavy atom. The van der Waals surface area contributed by atoms with E-state index in [4.69, 9.17) is 0 Å². The topological polar surface area (TPSA) is 4.10 Å². The normalized spacial score (nSPS) is 11.4. The number of benzene rings is 2.